The number of carbonyl (C=O) groups is 1. The number of hydrogen-bond acceptors (Lipinski definition) is 7. The van der Waals surface area contributed by atoms with Gasteiger partial charge in [-0.25, -0.2) is 4.68 Å². The summed E-state index contributed by atoms with van der Waals surface area (Å²) < 4.78 is 6.54. The van der Waals surface area contributed by atoms with E-state index in [1.165, 1.54) is 27.6 Å². The zero-order chi connectivity index (χ0) is 19.9. The number of nitrogen functional groups attached to an aromatic ring is 1. The molecule has 1 aromatic carbocycles. The van der Waals surface area contributed by atoms with Crippen molar-refractivity contribution in [2.75, 3.05) is 18.7 Å². The van der Waals surface area contributed by atoms with Gasteiger partial charge in [-0.1, -0.05) is 30.0 Å². The molecule has 2 heterocycles. The molecule has 0 aliphatic rings. The molecule has 3 rings (SSSR count). The predicted octanol–water partition coefficient (Wildman–Crippen LogP) is 2.81. The van der Waals surface area contributed by atoms with Gasteiger partial charge in [0.1, 0.15) is 12.1 Å². The summed E-state index contributed by atoms with van der Waals surface area (Å²) in [5, 5.41) is 10.2. The summed E-state index contributed by atoms with van der Waals surface area (Å²) >= 11 is 3.00. The van der Waals surface area contributed by atoms with Crippen LogP contribution in [-0.2, 0) is 17.8 Å². The van der Waals surface area contributed by atoms with E-state index in [0.717, 1.165) is 17.7 Å². The van der Waals surface area contributed by atoms with Gasteiger partial charge in [-0.15, -0.1) is 21.5 Å². The van der Waals surface area contributed by atoms with E-state index in [2.05, 4.69) is 28.6 Å². The summed E-state index contributed by atoms with van der Waals surface area (Å²) in [4.78, 5) is 16.2. The van der Waals surface area contributed by atoms with Crippen molar-refractivity contribution in [3.05, 3.63) is 58.5 Å². The summed E-state index contributed by atoms with van der Waals surface area (Å²) in [5.74, 6) is 6.82. The summed E-state index contributed by atoms with van der Waals surface area (Å²) in [6.07, 6.45) is 2.23. The number of amides is 1. The average molecular weight is 418 g/mol. The van der Waals surface area contributed by atoms with E-state index < -0.39 is 0 Å². The average Bonchev–Trinajstić information content (AvgIpc) is 3.36. The molecule has 3 aromatic rings. The number of aromatic nitrogens is 3. The number of nitrogens with zero attached hydrogens (tertiary/aromatic N) is 4. The van der Waals surface area contributed by atoms with Crippen molar-refractivity contribution >= 4 is 29.0 Å². The van der Waals surface area contributed by atoms with Gasteiger partial charge in [0.05, 0.1) is 12.9 Å². The Morgan fingerprint density at radius 2 is 2.14 bits per heavy atom. The maximum atomic E-state index is 13.0. The fraction of sp³-hybridized carbons (Fsp3) is 0.316. The van der Waals surface area contributed by atoms with Crippen LogP contribution in [0.1, 0.15) is 17.4 Å². The molecule has 0 spiro atoms. The van der Waals surface area contributed by atoms with Gasteiger partial charge < -0.3 is 15.5 Å². The zero-order valence-corrected chi connectivity index (χ0v) is 17.4. The van der Waals surface area contributed by atoms with E-state index in [4.69, 9.17) is 10.6 Å². The van der Waals surface area contributed by atoms with Crippen LogP contribution in [0.2, 0.25) is 0 Å². The predicted molar refractivity (Wildman–Crippen MR) is 112 cm³/mol. The minimum absolute atomic E-state index is 0.0351. The number of ether oxygens (including phenoxy) is 1. The first kappa shape index (κ1) is 20.2. The fourth-order valence-corrected chi connectivity index (χ4v) is 4.34. The summed E-state index contributed by atoms with van der Waals surface area (Å²) in [7, 11) is 1.64. The van der Waals surface area contributed by atoms with Gasteiger partial charge >= 0.3 is 0 Å². The molecule has 0 aliphatic carbocycles. The molecule has 0 saturated carbocycles. The minimum Gasteiger partial charge on any atom is -0.497 e. The number of hydrogen-bond donors (Lipinski definition) is 1. The van der Waals surface area contributed by atoms with E-state index in [1.54, 1.807) is 18.4 Å². The highest BCUT2D eigenvalue weighted by Crippen LogP contribution is 2.21. The van der Waals surface area contributed by atoms with Gasteiger partial charge in [-0.3, -0.25) is 4.79 Å². The highest BCUT2D eigenvalue weighted by Gasteiger charge is 2.22. The van der Waals surface area contributed by atoms with Gasteiger partial charge in [0, 0.05) is 23.9 Å². The Hall–Kier alpha value is -2.52. The van der Waals surface area contributed by atoms with Crippen molar-refractivity contribution in [3.8, 4) is 5.75 Å². The van der Waals surface area contributed by atoms with Crippen LogP contribution in [0.4, 0.5) is 0 Å². The monoisotopic (exact) mass is 417 g/mol. The van der Waals surface area contributed by atoms with Gasteiger partial charge in [-0.05, 0) is 36.1 Å². The van der Waals surface area contributed by atoms with Crippen LogP contribution in [0.5, 0.6) is 5.75 Å². The van der Waals surface area contributed by atoms with E-state index in [9.17, 15) is 4.79 Å². The Bertz CT molecular complexity index is 880. The van der Waals surface area contributed by atoms with Crippen LogP contribution in [-0.4, -0.2) is 44.6 Å². The topological polar surface area (TPSA) is 86.3 Å². The Morgan fingerprint density at radius 1 is 1.36 bits per heavy atom. The summed E-state index contributed by atoms with van der Waals surface area (Å²) in [6, 6.07) is 12.0. The molecule has 2 aromatic heterocycles. The molecule has 7 nitrogen and oxygen atoms in total. The van der Waals surface area contributed by atoms with E-state index in [0.29, 0.717) is 11.7 Å². The zero-order valence-electron chi connectivity index (χ0n) is 15.8. The van der Waals surface area contributed by atoms with Gasteiger partial charge in [0.25, 0.3) is 0 Å². The van der Waals surface area contributed by atoms with Gasteiger partial charge in [0.2, 0.25) is 11.1 Å². The summed E-state index contributed by atoms with van der Waals surface area (Å²) in [6.45, 7) is 2.61. The largest absolute Gasteiger partial charge is 0.497 e. The smallest absolute Gasteiger partial charge is 0.233 e. The van der Waals surface area contributed by atoms with E-state index in [1.807, 2.05) is 35.2 Å². The second-order valence-electron chi connectivity index (χ2n) is 6.31. The quantitative estimate of drug-likeness (QED) is 0.426. The molecule has 1 atom stereocenters. The SMILES string of the molecule is COc1ccc(CN(C(=O)CSc2nncn2N)[C@@H](C)Cc2cccs2)cc1. The highest BCUT2D eigenvalue weighted by molar-refractivity contribution is 7.99. The molecule has 0 fully saturated rings. The molecule has 0 aliphatic heterocycles. The minimum atomic E-state index is 0.0351. The van der Waals surface area contributed by atoms with Crippen molar-refractivity contribution in [2.24, 2.45) is 0 Å². The van der Waals surface area contributed by atoms with Crippen LogP contribution in [0, 0.1) is 0 Å². The second kappa shape index (κ2) is 9.61. The van der Waals surface area contributed by atoms with Crippen LogP contribution in [0.25, 0.3) is 0 Å². The second-order valence-corrected chi connectivity index (χ2v) is 8.29. The number of carbonyl (C=O) groups excluding carboxylic acids is 1. The van der Waals surface area contributed by atoms with Gasteiger partial charge in [-0.2, -0.15) is 0 Å². The van der Waals surface area contributed by atoms with Crippen molar-refractivity contribution in [3.63, 3.8) is 0 Å². The number of nitrogens with two attached hydrogens (primary N) is 1. The Kier molecular flexibility index (Phi) is 6.94. The first-order valence-corrected chi connectivity index (χ1v) is 10.7. The molecule has 1 amide bonds. The van der Waals surface area contributed by atoms with Crippen molar-refractivity contribution in [1.29, 1.82) is 0 Å². The lowest BCUT2D eigenvalue weighted by molar-refractivity contribution is -0.131. The Balaban J connectivity index is 1.71. The first-order chi connectivity index (χ1) is 13.6. The number of rotatable bonds is 9. The molecule has 148 valence electrons. The number of methoxy groups -OCH3 is 1. The van der Waals surface area contributed by atoms with Crippen molar-refractivity contribution in [2.45, 2.75) is 31.1 Å². The Morgan fingerprint density at radius 3 is 2.75 bits per heavy atom. The lowest BCUT2D eigenvalue weighted by Gasteiger charge is -2.29. The number of thiophene rings is 1. The van der Waals surface area contributed by atoms with E-state index >= 15 is 0 Å². The van der Waals surface area contributed by atoms with E-state index in [-0.39, 0.29) is 17.7 Å². The summed E-state index contributed by atoms with van der Waals surface area (Å²) in [5.41, 5.74) is 1.05. The molecular formula is C19H23N5O2S2. The molecule has 2 N–H and O–H groups in total. The third-order valence-electron chi connectivity index (χ3n) is 4.31. The van der Waals surface area contributed by atoms with Crippen LogP contribution < -0.4 is 10.6 Å². The fourth-order valence-electron chi connectivity index (χ4n) is 2.79. The molecule has 28 heavy (non-hydrogen) atoms. The molecular weight excluding hydrogens is 394 g/mol. The highest BCUT2D eigenvalue weighted by atomic mass is 32.2. The maximum Gasteiger partial charge on any atom is 0.233 e. The molecule has 0 unspecified atom stereocenters. The van der Waals surface area contributed by atoms with Crippen molar-refractivity contribution < 1.29 is 9.53 Å². The maximum absolute atomic E-state index is 13.0. The lowest BCUT2D eigenvalue weighted by atomic mass is 10.1. The Labute approximate surface area is 172 Å². The molecule has 0 bridgehead atoms. The standard InChI is InChI=1S/C19H23N5O2S2/c1-14(10-17-4-3-9-27-17)23(11-15-5-7-16(26-2)8-6-15)18(25)12-28-19-22-21-13-24(19)20/h3-9,13-14H,10-12,20H2,1-2H3/t14-/m0/s1. The normalized spacial score (nSPS) is 11.9. The van der Waals surface area contributed by atoms with Crippen molar-refractivity contribution in [1.82, 2.24) is 19.8 Å². The lowest BCUT2D eigenvalue weighted by Crippen LogP contribution is -2.40. The van der Waals surface area contributed by atoms with Crippen LogP contribution >= 0.6 is 23.1 Å². The third kappa shape index (κ3) is 5.26. The van der Waals surface area contributed by atoms with Gasteiger partial charge in [0.15, 0.2) is 0 Å². The first-order valence-electron chi connectivity index (χ1n) is 8.79. The third-order valence-corrected chi connectivity index (χ3v) is 6.15. The molecule has 0 saturated heterocycles. The number of benzene rings is 1. The molecule has 0 radical (unpaired) electrons. The number of thioether (sulfide) groups is 1. The molecule has 9 heteroatoms. The van der Waals surface area contributed by atoms with Crippen LogP contribution in [0.15, 0.2) is 53.3 Å². The van der Waals surface area contributed by atoms with Crippen LogP contribution in [0.3, 0.4) is 0 Å².